The van der Waals surface area contributed by atoms with E-state index in [1.54, 1.807) is 23.4 Å². The molecule has 0 bridgehead atoms. The molecule has 0 unspecified atom stereocenters. The number of amides is 1. The van der Waals surface area contributed by atoms with Gasteiger partial charge in [0.05, 0.1) is 18.7 Å². The largest absolute Gasteiger partial charge is 0.383 e. The lowest BCUT2D eigenvalue weighted by atomic mass is 9.95. The maximum Gasteiger partial charge on any atom is 0.345 e. The smallest absolute Gasteiger partial charge is 0.345 e. The molecule has 0 aliphatic carbocycles. The highest BCUT2D eigenvalue weighted by Crippen LogP contribution is 2.29. The predicted molar refractivity (Wildman–Crippen MR) is 115 cm³/mol. The number of methoxy groups -OCH3 is 1. The third-order valence-corrected chi connectivity index (χ3v) is 6.30. The third-order valence-electron chi connectivity index (χ3n) is 5.34. The van der Waals surface area contributed by atoms with Crippen molar-refractivity contribution < 1.29 is 9.53 Å². The van der Waals surface area contributed by atoms with E-state index in [9.17, 15) is 9.59 Å². The van der Waals surface area contributed by atoms with E-state index in [1.807, 2.05) is 36.1 Å². The van der Waals surface area contributed by atoms with Crippen LogP contribution in [-0.4, -0.2) is 57.7 Å². The minimum Gasteiger partial charge on any atom is -0.383 e. The topological polar surface area (TPSA) is 69.4 Å². The second kappa shape index (κ2) is 10.1. The van der Waals surface area contributed by atoms with E-state index in [-0.39, 0.29) is 17.5 Å². The normalized spacial score (nSPS) is 15.1. The average Bonchev–Trinajstić information content (AvgIpc) is 3.07. The van der Waals surface area contributed by atoms with Gasteiger partial charge >= 0.3 is 5.69 Å². The summed E-state index contributed by atoms with van der Waals surface area (Å²) in [5.41, 5.74) is 0.704. The van der Waals surface area contributed by atoms with Gasteiger partial charge in [0, 0.05) is 37.6 Å². The highest BCUT2D eigenvalue weighted by atomic mass is 32.2. The molecule has 3 rings (SSSR count). The second-order valence-corrected chi connectivity index (χ2v) is 8.40. The van der Waals surface area contributed by atoms with Gasteiger partial charge in [0.2, 0.25) is 0 Å². The fourth-order valence-electron chi connectivity index (χ4n) is 3.82. The number of carbonyl (C=O) groups is 1. The number of rotatable bonds is 8. The molecule has 1 aliphatic rings. The Balaban J connectivity index is 1.71. The van der Waals surface area contributed by atoms with Crippen LogP contribution in [-0.2, 0) is 17.8 Å². The summed E-state index contributed by atoms with van der Waals surface area (Å²) in [6.45, 7) is 6.93. The van der Waals surface area contributed by atoms with Gasteiger partial charge in [-0.3, -0.25) is 9.36 Å². The van der Waals surface area contributed by atoms with Gasteiger partial charge in [-0.05, 0) is 37.7 Å². The Hall–Kier alpha value is -2.06. The van der Waals surface area contributed by atoms with Gasteiger partial charge in [0.15, 0.2) is 0 Å². The molecule has 158 valence electrons. The highest BCUT2D eigenvalue weighted by Gasteiger charge is 2.29. The molecule has 0 N–H and O–H groups in total. The summed E-state index contributed by atoms with van der Waals surface area (Å²) in [5, 5.41) is 4.59. The van der Waals surface area contributed by atoms with Crippen LogP contribution in [0.25, 0.3) is 0 Å². The van der Waals surface area contributed by atoms with Gasteiger partial charge < -0.3 is 9.64 Å². The summed E-state index contributed by atoms with van der Waals surface area (Å²) in [6, 6.07) is 7.83. The first kappa shape index (κ1) is 21.6. The number of likely N-dealkylation sites (tertiary alicyclic amines) is 1. The number of ether oxygens (including phenoxy) is 1. The van der Waals surface area contributed by atoms with Crippen LogP contribution in [0.3, 0.4) is 0 Å². The van der Waals surface area contributed by atoms with Crippen molar-refractivity contribution >= 4 is 17.7 Å². The average molecular weight is 419 g/mol. The van der Waals surface area contributed by atoms with Crippen molar-refractivity contribution in [2.45, 2.75) is 50.6 Å². The van der Waals surface area contributed by atoms with Crippen LogP contribution >= 0.6 is 11.8 Å². The molecule has 7 nitrogen and oxygen atoms in total. The SMILES string of the molecule is CCSc1ccccc1C(=O)N1CCC(c2nn(CCOC)c(=O)n2CC)CC1. The van der Waals surface area contributed by atoms with Crippen molar-refractivity contribution in [3.63, 3.8) is 0 Å². The summed E-state index contributed by atoms with van der Waals surface area (Å²) in [4.78, 5) is 28.6. The number of hydrogen-bond acceptors (Lipinski definition) is 5. The summed E-state index contributed by atoms with van der Waals surface area (Å²) in [6.07, 6.45) is 1.63. The van der Waals surface area contributed by atoms with Crippen LogP contribution in [0.4, 0.5) is 0 Å². The molecular weight excluding hydrogens is 388 g/mol. The number of benzene rings is 1. The summed E-state index contributed by atoms with van der Waals surface area (Å²) in [5.74, 6) is 2.06. The number of carbonyl (C=O) groups excluding carboxylic acids is 1. The maximum absolute atomic E-state index is 13.1. The van der Waals surface area contributed by atoms with Crippen LogP contribution in [0.15, 0.2) is 34.0 Å². The molecule has 29 heavy (non-hydrogen) atoms. The molecule has 0 atom stereocenters. The van der Waals surface area contributed by atoms with Gasteiger partial charge in [-0.1, -0.05) is 19.1 Å². The Morgan fingerprint density at radius 2 is 1.97 bits per heavy atom. The lowest BCUT2D eigenvalue weighted by molar-refractivity contribution is 0.0706. The van der Waals surface area contributed by atoms with E-state index < -0.39 is 0 Å². The molecule has 1 saturated heterocycles. The Labute approximate surface area is 176 Å². The van der Waals surface area contributed by atoms with E-state index in [0.717, 1.165) is 34.9 Å². The molecule has 1 aromatic heterocycles. The van der Waals surface area contributed by atoms with E-state index in [2.05, 4.69) is 12.0 Å². The van der Waals surface area contributed by atoms with E-state index >= 15 is 0 Å². The molecule has 2 heterocycles. The third kappa shape index (κ3) is 4.75. The number of thioether (sulfide) groups is 1. The van der Waals surface area contributed by atoms with Gasteiger partial charge in [-0.25, -0.2) is 9.48 Å². The van der Waals surface area contributed by atoms with Crippen LogP contribution in [0.5, 0.6) is 0 Å². The van der Waals surface area contributed by atoms with E-state index in [0.29, 0.717) is 32.8 Å². The molecule has 0 radical (unpaired) electrons. The van der Waals surface area contributed by atoms with E-state index in [4.69, 9.17) is 4.74 Å². The van der Waals surface area contributed by atoms with Crippen LogP contribution in [0, 0.1) is 0 Å². The standard InChI is InChI=1S/C21H30N4O3S/c1-4-24-19(22-25(21(24)27)14-15-28-3)16-10-12-23(13-11-16)20(26)17-8-6-7-9-18(17)29-5-2/h6-9,16H,4-5,10-15H2,1-3H3. The van der Waals surface area contributed by atoms with Crippen molar-refractivity contribution in [3.05, 3.63) is 46.1 Å². The zero-order chi connectivity index (χ0) is 20.8. The van der Waals surface area contributed by atoms with Crippen LogP contribution in [0.1, 0.15) is 48.8 Å². The van der Waals surface area contributed by atoms with Crippen molar-refractivity contribution in [2.75, 3.05) is 32.6 Å². The number of hydrogen-bond donors (Lipinski definition) is 0. The van der Waals surface area contributed by atoms with Gasteiger partial charge in [0.1, 0.15) is 5.82 Å². The Morgan fingerprint density at radius 1 is 1.24 bits per heavy atom. The van der Waals surface area contributed by atoms with Crippen LogP contribution < -0.4 is 5.69 Å². The Kier molecular flexibility index (Phi) is 7.55. The molecule has 2 aromatic rings. The minimum absolute atomic E-state index is 0.0800. The van der Waals surface area contributed by atoms with Crippen molar-refractivity contribution in [1.82, 2.24) is 19.2 Å². The molecule has 1 aliphatic heterocycles. The summed E-state index contributed by atoms with van der Waals surface area (Å²) >= 11 is 1.70. The second-order valence-electron chi connectivity index (χ2n) is 7.10. The lowest BCUT2D eigenvalue weighted by Gasteiger charge is -2.32. The maximum atomic E-state index is 13.1. The molecular formula is C21H30N4O3S. The number of aromatic nitrogens is 3. The summed E-state index contributed by atoms with van der Waals surface area (Å²) in [7, 11) is 1.62. The van der Waals surface area contributed by atoms with Crippen molar-refractivity contribution in [2.24, 2.45) is 0 Å². The fourth-order valence-corrected chi connectivity index (χ4v) is 4.61. The molecule has 1 amide bonds. The first-order valence-electron chi connectivity index (χ1n) is 10.3. The van der Waals surface area contributed by atoms with Gasteiger partial charge in [0.25, 0.3) is 5.91 Å². The zero-order valence-corrected chi connectivity index (χ0v) is 18.3. The predicted octanol–water partition coefficient (Wildman–Crippen LogP) is 2.84. The molecule has 1 aromatic carbocycles. The fraction of sp³-hybridized carbons (Fsp3) is 0.571. The molecule has 1 fully saturated rings. The summed E-state index contributed by atoms with van der Waals surface area (Å²) < 4.78 is 8.34. The monoisotopic (exact) mass is 418 g/mol. The van der Waals surface area contributed by atoms with Gasteiger partial charge in [-0.15, -0.1) is 11.8 Å². The van der Waals surface area contributed by atoms with Crippen molar-refractivity contribution in [3.8, 4) is 0 Å². The quantitative estimate of drug-likeness (QED) is 0.617. The Bertz CT molecular complexity index is 884. The Morgan fingerprint density at radius 3 is 2.62 bits per heavy atom. The van der Waals surface area contributed by atoms with Gasteiger partial charge in [-0.2, -0.15) is 5.10 Å². The zero-order valence-electron chi connectivity index (χ0n) is 17.5. The molecule has 8 heteroatoms. The first-order valence-corrected chi connectivity index (χ1v) is 11.3. The highest BCUT2D eigenvalue weighted by molar-refractivity contribution is 7.99. The van der Waals surface area contributed by atoms with Crippen molar-refractivity contribution in [1.29, 1.82) is 0 Å². The van der Waals surface area contributed by atoms with Crippen LogP contribution in [0.2, 0.25) is 0 Å². The van der Waals surface area contributed by atoms with E-state index in [1.165, 1.54) is 4.68 Å². The molecule has 0 spiro atoms. The minimum atomic E-state index is -0.0800. The number of piperidine rings is 1. The molecule has 0 saturated carbocycles. The lowest BCUT2D eigenvalue weighted by Crippen LogP contribution is -2.38. The number of nitrogens with zero attached hydrogens (tertiary/aromatic N) is 4. The first-order chi connectivity index (χ1) is 14.1.